The summed E-state index contributed by atoms with van der Waals surface area (Å²) < 4.78 is 11.2. The summed E-state index contributed by atoms with van der Waals surface area (Å²) >= 11 is -1.26. The van der Waals surface area contributed by atoms with Gasteiger partial charge < -0.3 is 7.58 Å². The number of rotatable bonds is 2. The average molecular weight is 182 g/mol. The zero-order chi connectivity index (χ0) is 9.12. The van der Waals surface area contributed by atoms with Crippen LogP contribution in [0.15, 0.2) is 0 Å². The summed E-state index contributed by atoms with van der Waals surface area (Å²) in [6, 6.07) is 0. The maximum atomic E-state index is 5.58. The van der Waals surface area contributed by atoms with Crippen molar-refractivity contribution in [3.63, 3.8) is 0 Å². The molecule has 0 aliphatic rings. The summed E-state index contributed by atoms with van der Waals surface area (Å²) in [5.74, 6) is 0. The Morgan fingerprint density at radius 3 is 1.17 bits per heavy atom. The summed E-state index contributed by atoms with van der Waals surface area (Å²) in [6.07, 6.45) is 0. The Balaban J connectivity index is 0. The van der Waals surface area contributed by atoms with Gasteiger partial charge in [-0.05, 0) is 41.5 Å². The van der Waals surface area contributed by atoms with Crippen LogP contribution in [0.5, 0.6) is 0 Å². The topological polar surface area (TPSA) is 18.5 Å². The van der Waals surface area contributed by atoms with E-state index in [1.807, 2.05) is 0 Å². The molecule has 0 bridgehead atoms. The zero-order valence-corrected chi connectivity index (χ0v) is 11.8. The molecule has 0 aromatic carbocycles. The minimum absolute atomic E-state index is 0. The van der Waals surface area contributed by atoms with E-state index in [1.165, 1.54) is 0 Å². The van der Waals surface area contributed by atoms with E-state index < -0.39 is 15.9 Å². The fraction of sp³-hybridized carbons (Fsp3) is 1.00. The van der Waals surface area contributed by atoms with Crippen LogP contribution < -0.4 is 18.9 Å². The maximum Gasteiger partial charge on any atom is 1.00 e. The van der Waals surface area contributed by atoms with Crippen LogP contribution in [0.4, 0.5) is 0 Å². The van der Waals surface area contributed by atoms with Gasteiger partial charge in [0.1, 0.15) is 0 Å². The first kappa shape index (κ1) is 15.5. The normalized spacial score (nSPS) is 12.5. The van der Waals surface area contributed by atoms with Crippen molar-refractivity contribution in [3.8, 4) is 0 Å². The minimum Gasteiger partial charge on any atom is -0.637 e. The summed E-state index contributed by atoms with van der Waals surface area (Å²) in [7, 11) is 0. The SMILES string of the molecule is CC(C)(C)[O][AlH2-][O]C(C)(C)C.[Li+]. The summed E-state index contributed by atoms with van der Waals surface area (Å²) in [6.45, 7) is 12.4. The van der Waals surface area contributed by atoms with Crippen LogP contribution in [-0.4, -0.2) is 27.1 Å². The zero-order valence-electron chi connectivity index (χ0n) is 9.82. The molecule has 0 aromatic rings. The van der Waals surface area contributed by atoms with Crippen molar-refractivity contribution in [1.29, 1.82) is 0 Å². The van der Waals surface area contributed by atoms with Gasteiger partial charge in [-0.2, -0.15) is 0 Å². The number of hydrogen-bond acceptors (Lipinski definition) is 2. The van der Waals surface area contributed by atoms with Gasteiger partial charge in [-0.3, -0.25) is 0 Å². The van der Waals surface area contributed by atoms with Crippen molar-refractivity contribution >= 4 is 15.9 Å². The molecule has 0 aromatic heterocycles. The van der Waals surface area contributed by atoms with Gasteiger partial charge in [0.25, 0.3) is 0 Å². The van der Waals surface area contributed by atoms with E-state index in [0.717, 1.165) is 0 Å². The first-order chi connectivity index (χ1) is 4.71. The second-order valence-electron chi connectivity index (χ2n) is 4.80. The first-order valence-electron chi connectivity index (χ1n) is 4.22. The van der Waals surface area contributed by atoms with Crippen LogP contribution in [-0.2, 0) is 7.58 Å². The summed E-state index contributed by atoms with van der Waals surface area (Å²) in [5.41, 5.74) is -0.0390. The number of hydrogen-bond donors (Lipinski definition) is 0. The largest absolute Gasteiger partial charge is 1.00 e. The Hall–Kier alpha value is 1.05. The monoisotopic (exact) mass is 182 g/mol. The van der Waals surface area contributed by atoms with Gasteiger partial charge in [-0.1, -0.05) is 0 Å². The Morgan fingerprint density at radius 2 is 1.00 bits per heavy atom. The van der Waals surface area contributed by atoms with E-state index in [9.17, 15) is 0 Å². The molecule has 0 amide bonds. The molecule has 12 heavy (non-hydrogen) atoms. The smallest absolute Gasteiger partial charge is 0.637 e. The standard InChI is InChI=1S/2C4H9O.Al.Li.2H/c2*1-4(2,3)5;;;;/h2*1-3H3;;;;/q2*-1;2*+1;;. The molecule has 0 aliphatic carbocycles. The molecule has 4 heteroatoms. The third kappa shape index (κ3) is 13.6. The van der Waals surface area contributed by atoms with Gasteiger partial charge >= 0.3 is 34.7 Å². The maximum absolute atomic E-state index is 5.58. The molecule has 2 nitrogen and oxygen atoms in total. The minimum atomic E-state index is -1.26. The van der Waals surface area contributed by atoms with Gasteiger partial charge in [-0.15, -0.1) is 0 Å². The summed E-state index contributed by atoms with van der Waals surface area (Å²) in [5, 5.41) is 0. The van der Waals surface area contributed by atoms with E-state index in [1.54, 1.807) is 0 Å². The molecule has 0 aliphatic heterocycles. The van der Waals surface area contributed by atoms with Crippen LogP contribution in [0.2, 0.25) is 0 Å². The molecule has 0 radical (unpaired) electrons. The third-order valence-corrected chi connectivity index (χ3v) is 4.17. The molecule has 68 valence electrons. The molecule has 0 N–H and O–H groups in total. The Kier molecular flexibility index (Phi) is 7.39. The molecule has 0 rings (SSSR count). The Morgan fingerprint density at radius 1 is 0.750 bits per heavy atom. The van der Waals surface area contributed by atoms with Gasteiger partial charge in [0, 0.05) is 11.2 Å². The second-order valence-corrected chi connectivity index (χ2v) is 5.95. The van der Waals surface area contributed by atoms with Gasteiger partial charge in [0.2, 0.25) is 0 Å². The van der Waals surface area contributed by atoms with Gasteiger partial charge in [0.15, 0.2) is 0 Å². The van der Waals surface area contributed by atoms with Crippen molar-refractivity contribution in [3.05, 3.63) is 0 Å². The molecule has 0 heterocycles. The van der Waals surface area contributed by atoms with Gasteiger partial charge in [0.05, 0.1) is 0 Å². The fourth-order valence-corrected chi connectivity index (χ4v) is 1.63. The van der Waals surface area contributed by atoms with Crippen LogP contribution in [0.1, 0.15) is 41.5 Å². The second kappa shape index (κ2) is 5.71. The van der Waals surface area contributed by atoms with Crippen molar-refractivity contribution in [2.75, 3.05) is 0 Å². The van der Waals surface area contributed by atoms with E-state index in [0.29, 0.717) is 0 Å². The van der Waals surface area contributed by atoms with Crippen molar-refractivity contribution in [2.45, 2.75) is 52.7 Å². The third-order valence-electron chi connectivity index (χ3n) is 1.39. The fourth-order valence-electron chi connectivity index (χ4n) is 0.542. The Labute approximate surface area is 94.9 Å². The molecular formula is C8H20AlLiO2. The predicted octanol–water partition coefficient (Wildman–Crippen LogP) is -1.38. The van der Waals surface area contributed by atoms with E-state index in [4.69, 9.17) is 7.58 Å². The quantitative estimate of drug-likeness (QED) is 0.490. The van der Waals surface area contributed by atoms with Crippen LogP contribution in [0, 0.1) is 0 Å². The van der Waals surface area contributed by atoms with Crippen LogP contribution in [0.25, 0.3) is 0 Å². The van der Waals surface area contributed by atoms with Crippen molar-refractivity contribution in [1.82, 2.24) is 0 Å². The summed E-state index contributed by atoms with van der Waals surface area (Å²) in [4.78, 5) is 0. The predicted molar refractivity (Wildman–Crippen MR) is 50.2 cm³/mol. The average Bonchev–Trinajstić information content (AvgIpc) is 1.55. The first-order valence-corrected chi connectivity index (χ1v) is 5.86. The molecule has 0 saturated heterocycles. The molecule has 0 unspecified atom stereocenters. The molecule has 0 spiro atoms. The van der Waals surface area contributed by atoms with Crippen LogP contribution >= 0.6 is 0 Å². The van der Waals surface area contributed by atoms with Crippen molar-refractivity contribution in [2.24, 2.45) is 0 Å². The molecule has 0 saturated carbocycles. The van der Waals surface area contributed by atoms with Crippen LogP contribution in [0.3, 0.4) is 0 Å². The van der Waals surface area contributed by atoms with E-state index >= 15 is 0 Å². The van der Waals surface area contributed by atoms with Crippen molar-refractivity contribution < 1.29 is 26.4 Å². The van der Waals surface area contributed by atoms with Gasteiger partial charge in [-0.25, -0.2) is 0 Å². The molecular weight excluding hydrogens is 162 g/mol. The van der Waals surface area contributed by atoms with E-state index in [2.05, 4.69) is 41.5 Å². The molecule has 0 atom stereocenters. The van der Waals surface area contributed by atoms with E-state index in [-0.39, 0.29) is 30.1 Å². The molecule has 0 fully saturated rings. The Bertz CT molecular complexity index is 101.